The predicted octanol–water partition coefficient (Wildman–Crippen LogP) is 15.4. The van der Waals surface area contributed by atoms with E-state index in [9.17, 15) is 43.2 Å². The molecule has 10 heterocycles. The minimum Gasteiger partial charge on any atom is -0.359 e. The van der Waals surface area contributed by atoms with Gasteiger partial charge in [0.1, 0.15) is 6.54 Å². The van der Waals surface area contributed by atoms with Gasteiger partial charge in [0.05, 0.1) is 33.8 Å². The Balaban J connectivity index is 0.000000124. The van der Waals surface area contributed by atoms with E-state index in [0.717, 1.165) is 155 Å². The summed E-state index contributed by atoms with van der Waals surface area (Å²) in [5, 5.41) is 17.7. The van der Waals surface area contributed by atoms with Crippen LogP contribution in [0.1, 0.15) is 262 Å². The molecule has 0 aromatic heterocycles. The first-order chi connectivity index (χ1) is 62.1. The molecule has 15 aliphatic rings. The SMILES string of the molecule is CCN(CC)C(=O)[C@@H]1[C@@H](C)CC23c4ccc(C)cc4CCCN2C(=O)C[C@@H]13.CNC(=O)[C@@H]1[C@@H](C)CC23c4ccc(C)cc4CCCN2C(=O)C[C@@H]13.Cc1ccc2c(c1)CCCN1C(=O)C[C@H]3[C@H](C(=O)NCC#N)[C@@H](C)CC231.Cc1ccc2c(c1)CCCN1C(=O)C[C@H]3[C@H](C(=O)N[C@H](C)CC(C)C)[C@@H](C)CC231.Cc1ccc2c(c1)CCCN1C(=O)C[C@H]3[C@H](C)[C@@H](C)CC231.O=C=O. The molecule has 21 heteroatoms. The fourth-order valence-corrected chi connectivity index (χ4v) is 30.0. The van der Waals surface area contributed by atoms with Crippen LogP contribution in [-0.4, -0.2) is 154 Å². The van der Waals surface area contributed by atoms with Gasteiger partial charge in [-0.25, -0.2) is 0 Å². The Labute approximate surface area is 772 Å². The summed E-state index contributed by atoms with van der Waals surface area (Å²) in [6.45, 7) is 40.4. The molecular formula is C109H144N10O11. The van der Waals surface area contributed by atoms with Crippen molar-refractivity contribution in [1.82, 2.24) is 45.3 Å². The lowest BCUT2D eigenvalue weighted by molar-refractivity contribution is -0.192. The van der Waals surface area contributed by atoms with Crippen LogP contribution in [0.5, 0.6) is 0 Å². The molecule has 5 saturated heterocycles. The summed E-state index contributed by atoms with van der Waals surface area (Å²) >= 11 is 0. The molecule has 10 aliphatic heterocycles. The second-order valence-corrected chi connectivity index (χ2v) is 42.7. The standard InChI is InChI=1S/C25H36N2O2.C23H32N2O2.C21H25N3O2.C20H26N2O2.C19H25NO.CO2/c1-15(2)11-18(5)26-24(29)23-17(4)14-25-20-9-8-16(3)12-19(20)7-6-10-27(25)22(28)13-21(23)25;1-5-24(6-2)22(27)21-16(4)14-23-18-10-9-15(3)12-17(18)8-7-11-25(23)20(26)13-19(21)23;1-13-5-6-16-15(10-13)4-3-9-24-18(25)11-17-19(20(26)23-8-7-22)14(2)12-21(16,17)24;1-12-6-7-15-14(9-12)5-4-8-22-17(23)10-16-18(19(24)21-3)13(2)11-20(15,16)22;1-12-6-7-16-15(9-12)5-4-8-20-18(21)10-17-14(3)13(2)11-19(16,17)20;2-1-3/h8-9,12,15,17-18,21,23H,6-7,10-11,13-14H2,1-5H3,(H,26,29);9-10,12,16,19,21H,5-8,11,13-14H2,1-4H3;5-6,10,14,17,19H,3-4,8-9,11-12H2,1-2H3,(H,23,26);6-7,9,13,16,18H,4-5,8,10-11H2,1-3H3,(H,21,24);6-7,9,13-14,17H,4-5,8,10-11H2,1-3H3;/t17-,18+,21-,23+,25?;16-,19-,21+,23?;14-,17-,19+,21?;13-,16-,18+,20?;13-,14+,17-,19?;/m00000./s1. The number of hydrogen-bond donors (Lipinski definition) is 3. The average molecular weight is 1770 g/mol. The van der Waals surface area contributed by atoms with Crippen LogP contribution in [0.4, 0.5) is 0 Å². The molecular weight excluding hydrogens is 1630 g/mol. The molecule has 5 aromatic carbocycles. The number of benzene rings is 5. The number of carbonyl (C=O) groups is 9. The van der Waals surface area contributed by atoms with Crippen molar-refractivity contribution in [2.45, 2.75) is 279 Å². The zero-order chi connectivity index (χ0) is 93.3. The molecule has 20 rings (SSSR count). The molecule has 5 spiro atoms. The van der Waals surface area contributed by atoms with Crippen molar-refractivity contribution in [3.8, 4) is 6.07 Å². The summed E-state index contributed by atoms with van der Waals surface area (Å²) in [6.07, 6.45) is 18.9. The highest BCUT2D eigenvalue weighted by atomic mass is 16.2. The Morgan fingerprint density at radius 3 is 0.977 bits per heavy atom. The van der Waals surface area contributed by atoms with E-state index in [0.29, 0.717) is 61.2 Å². The fraction of sp³-hybridized carbons (Fsp3) is 0.624. The monoisotopic (exact) mass is 1770 g/mol. The van der Waals surface area contributed by atoms with Crippen LogP contribution in [0, 0.1) is 141 Å². The van der Waals surface area contributed by atoms with Crippen molar-refractivity contribution in [2.75, 3.05) is 59.4 Å². The van der Waals surface area contributed by atoms with E-state index in [1.54, 1.807) is 7.05 Å². The van der Waals surface area contributed by atoms with Gasteiger partial charge in [-0.1, -0.05) is 174 Å². The van der Waals surface area contributed by atoms with Crippen LogP contribution in [0.2, 0.25) is 0 Å². The van der Waals surface area contributed by atoms with Crippen molar-refractivity contribution < 1.29 is 52.7 Å². The highest BCUT2D eigenvalue weighted by Gasteiger charge is 2.70. The minimum atomic E-state index is -0.356. The Morgan fingerprint density at radius 2 is 0.685 bits per heavy atom. The largest absolute Gasteiger partial charge is 0.373 e. The third-order valence-corrected chi connectivity index (χ3v) is 34.7. The van der Waals surface area contributed by atoms with Crippen LogP contribution >= 0.6 is 0 Å². The Morgan fingerprint density at radius 1 is 0.415 bits per heavy atom. The van der Waals surface area contributed by atoms with E-state index in [2.05, 4.69) is 228 Å². The van der Waals surface area contributed by atoms with Crippen molar-refractivity contribution in [1.29, 1.82) is 5.26 Å². The molecule has 21 atom stereocenters. The van der Waals surface area contributed by atoms with Crippen molar-refractivity contribution in [2.24, 2.45) is 94.7 Å². The first-order valence-corrected chi connectivity index (χ1v) is 49.6. The van der Waals surface area contributed by atoms with Crippen molar-refractivity contribution in [3.63, 3.8) is 0 Å². The lowest BCUT2D eigenvalue weighted by Crippen LogP contribution is -2.46. The summed E-state index contributed by atoms with van der Waals surface area (Å²) in [4.78, 5) is 146. The molecule has 5 saturated carbocycles. The van der Waals surface area contributed by atoms with E-state index in [-0.39, 0.29) is 159 Å². The van der Waals surface area contributed by atoms with Gasteiger partial charge in [-0.3, -0.25) is 43.2 Å². The predicted molar refractivity (Wildman–Crippen MR) is 500 cm³/mol. The number of nitrogens with one attached hydrogen (secondary N) is 3. The van der Waals surface area contributed by atoms with Gasteiger partial charge in [0.2, 0.25) is 53.2 Å². The van der Waals surface area contributed by atoms with Gasteiger partial charge < -0.3 is 45.3 Å². The van der Waals surface area contributed by atoms with E-state index < -0.39 is 0 Å². The third kappa shape index (κ3) is 16.0. The molecule has 5 aliphatic carbocycles. The number of amides is 9. The highest BCUT2D eigenvalue weighted by molar-refractivity contribution is 5.90. The van der Waals surface area contributed by atoms with Crippen molar-refractivity contribution >= 4 is 59.3 Å². The number of aryl methyl sites for hydroxylation is 10. The van der Waals surface area contributed by atoms with Gasteiger partial charge in [0, 0.05) is 138 Å². The van der Waals surface area contributed by atoms with Crippen molar-refractivity contribution in [3.05, 3.63) is 174 Å². The highest BCUT2D eigenvalue weighted by Crippen LogP contribution is 2.66. The van der Waals surface area contributed by atoms with E-state index >= 15 is 0 Å². The molecule has 5 aromatic rings. The van der Waals surface area contributed by atoms with Gasteiger partial charge in [0.25, 0.3) is 0 Å². The summed E-state index contributed by atoms with van der Waals surface area (Å²) in [6, 6.07) is 35.8. The number of carbonyl (C=O) groups excluding carboxylic acids is 11. The Bertz CT molecular complexity index is 5290. The molecule has 9 amide bonds. The van der Waals surface area contributed by atoms with Gasteiger partial charge >= 0.3 is 6.15 Å². The quantitative estimate of drug-likeness (QED) is 0.110. The summed E-state index contributed by atoms with van der Waals surface area (Å²) < 4.78 is 0. The summed E-state index contributed by atoms with van der Waals surface area (Å²) in [7, 11) is 1.71. The Kier molecular flexibility index (Phi) is 27.5. The summed E-state index contributed by atoms with van der Waals surface area (Å²) in [5.74, 6) is 5.01. The summed E-state index contributed by atoms with van der Waals surface area (Å²) in [5.41, 5.74) is 18.9. The minimum absolute atomic E-state index is 0.00938. The lowest BCUT2D eigenvalue weighted by Gasteiger charge is -2.39. The van der Waals surface area contributed by atoms with Crippen LogP contribution in [0.3, 0.4) is 0 Å². The van der Waals surface area contributed by atoms with Gasteiger partial charge in [-0.05, 0) is 261 Å². The first-order valence-electron chi connectivity index (χ1n) is 49.6. The van der Waals surface area contributed by atoms with Gasteiger partial charge in [-0.2, -0.15) is 14.9 Å². The van der Waals surface area contributed by atoms with E-state index in [1.165, 1.54) is 83.5 Å². The number of hydrogen-bond acceptors (Lipinski definition) is 12. The average Bonchev–Trinajstić information content (AvgIpc) is 1.58. The molecule has 0 radical (unpaired) electrons. The van der Waals surface area contributed by atoms with E-state index in [4.69, 9.17) is 14.9 Å². The maximum atomic E-state index is 13.4. The molecule has 130 heavy (non-hydrogen) atoms. The first kappa shape index (κ1) is 94.8. The zero-order valence-corrected chi connectivity index (χ0v) is 80.6. The molecule has 3 N–H and O–H groups in total. The number of rotatable bonds is 10. The lowest BCUT2D eigenvalue weighted by atomic mass is 9.76. The molecule has 696 valence electrons. The van der Waals surface area contributed by atoms with Crippen LogP contribution in [-0.2, 0) is 113 Å². The van der Waals surface area contributed by atoms with Crippen LogP contribution in [0.25, 0.3) is 0 Å². The molecule has 0 bridgehead atoms. The van der Waals surface area contributed by atoms with Gasteiger partial charge in [-0.15, -0.1) is 0 Å². The molecule has 10 fully saturated rings. The third-order valence-electron chi connectivity index (χ3n) is 34.7. The van der Waals surface area contributed by atoms with E-state index in [1.807, 2.05) is 24.8 Å². The second kappa shape index (κ2) is 37.7. The zero-order valence-electron chi connectivity index (χ0n) is 80.6. The molecule has 5 unspecified atom stereocenters. The number of fused-ring (bicyclic) bond motifs is 5. The van der Waals surface area contributed by atoms with Crippen LogP contribution < -0.4 is 16.0 Å². The molecule has 21 nitrogen and oxygen atoms in total. The number of nitriles is 1. The second-order valence-electron chi connectivity index (χ2n) is 42.7. The maximum absolute atomic E-state index is 13.4. The van der Waals surface area contributed by atoms with Gasteiger partial charge in [0.15, 0.2) is 0 Å². The van der Waals surface area contributed by atoms with Crippen LogP contribution in [0.15, 0.2) is 91.0 Å². The normalized spacial score (nSPS) is 32.7. The maximum Gasteiger partial charge on any atom is 0.373 e. The fourth-order valence-electron chi connectivity index (χ4n) is 30.0. The Hall–Kier alpha value is -9.80. The smallest absolute Gasteiger partial charge is 0.359 e. The number of nitrogens with zero attached hydrogens (tertiary/aromatic N) is 7. The topological polar surface area (TPSA) is 267 Å².